The van der Waals surface area contributed by atoms with Gasteiger partial charge in [0.25, 0.3) is 0 Å². The number of hydrogen-bond acceptors (Lipinski definition) is 2. The van der Waals surface area contributed by atoms with E-state index < -0.39 is 0 Å². The summed E-state index contributed by atoms with van der Waals surface area (Å²) in [5, 5.41) is 3.41. The molecule has 0 amide bonds. The Kier molecular flexibility index (Phi) is 13.2. The van der Waals surface area contributed by atoms with Crippen LogP contribution in [0.3, 0.4) is 0 Å². The van der Waals surface area contributed by atoms with E-state index in [-0.39, 0.29) is 0 Å². The van der Waals surface area contributed by atoms with Crippen molar-refractivity contribution < 1.29 is 4.79 Å². The monoisotopic (exact) mass is 450 g/mol. The summed E-state index contributed by atoms with van der Waals surface area (Å²) in [5.41, 5.74) is 9.09. The van der Waals surface area contributed by atoms with Crippen LogP contribution in [0.4, 0.5) is 0 Å². The molecular formula is C30H46N2O. The molecule has 0 spiro atoms. The smallest absolute Gasteiger partial charge is 0.150 e. The summed E-state index contributed by atoms with van der Waals surface area (Å²) in [5.74, 6) is 0. The minimum atomic E-state index is 0.687. The fourth-order valence-corrected chi connectivity index (χ4v) is 3.93. The number of unbranched alkanes of at least 4 members (excludes halogenated alkanes) is 5. The number of aldehydes is 1. The Morgan fingerprint density at radius 2 is 1.61 bits per heavy atom. The molecule has 2 aromatic rings. The van der Waals surface area contributed by atoms with Crippen LogP contribution < -0.4 is 5.32 Å². The zero-order valence-electron chi connectivity index (χ0n) is 22.2. The molecular weight excluding hydrogens is 404 g/mol. The maximum atomic E-state index is 11.8. The van der Waals surface area contributed by atoms with Gasteiger partial charge in [0.1, 0.15) is 0 Å². The van der Waals surface area contributed by atoms with Gasteiger partial charge in [0.2, 0.25) is 0 Å². The summed E-state index contributed by atoms with van der Waals surface area (Å²) in [6, 6.07) is 6.18. The van der Waals surface area contributed by atoms with Gasteiger partial charge in [-0.1, -0.05) is 89.6 Å². The highest BCUT2D eigenvalue weighted by Crippen LogP contribution is 2.27. The van der Waals surface area contributed by atoms with Crippen LogP contribution in [-0.4, -0.2) is 17.8 Å². The molecule has 3 heteroatoms. The second kappa shape index (κ2) is 15.3. The third kappa shape index (κ3) is 9.07. The number of nitrogens with one attached hydrogen (secondary N) is 2. The van der Waals surface area contributed by atoms with Gasteiger partial charge in [0.05, 0.1) is 0 Å². The molecule has 33 heavy (non-hydrogen) atoms. The van der Waals surface area contributed by atoms with Crippen LogP contribution in [0.25, 0.3) is 17.3 Å². The molecule has 182 valence electrons. The van der Waals surface area contributed by atoms with Crippen molar-refractivity contribution in [2.45, 2.75) is 93.4 Å². The highest BCUT2D eigenvalue weighted by Gasteiger charge is 2.14. The summed E-state index contributed by atoms with van der Waals surface area (Å²) in [6.45, 7) is 20.0. The molecule has 0 aliphatic rings. The van der Waals surface area contributed by atoms with Crippen molar-refractivity contribution in [3.8, 4) is 0 Å². The number of H-pyrrole nitrogens is 1. The minimum Gasteiger partial charge on any atom is -0.385 e. The van der Waals surface area contributed by atoms with Gasteiger partial charge in [-0.15, -0.1) is 0 Å². The number of aromatic amines is 1. The number of hydrogen-bond donors (Lipinski definition) is 2. The lowest BCUT2D eigenvalue weighted by Gasteiger charge is -2.10. The summed E-state index contributed by atoms with van der Waals surface area (Å²) >= 11 is 0. The molecule has 0 radical (unpaired) electrons. The summed E-state index contributed by atoms with van der Waals surface area (Å²) in [7, 11) is 0. The molecule has 0 unspecified atom stereocenters. The summed E-state index contributed by atoms with van der Waals surface area (Å²) < 4.78 is 0. The predicted molar refractivity (Wildman–Crippen MR) is 146 cm³/mol. The van der Waals surface area contributed by atoms with Gasteiger partial charge < -0.3 is 10.3 Å². The molecule has 0 fully saturated rings. The first-order valence-corrected chi connectivity index (χ1v) is 12.7. The fraction of sp³-hybridized carbons (Fsp3) is 0.500. The number of aromatic nitrogens is 1. The van der Waals surface area contributed by atoms with Gasteiger partial charge in [-0.05, 0) is 56.9 Å². The Hall–Kier alpha value is -2.55. The Morgan fingerprint density at radius 3 is 2.18 bits per heavy atom. The molecule has 2 N–H and O–H groups in total. The van der Waals surface area contributed by atoms with Crippen molar-refractivity contribution >= 4 is 23.6 Å². The van der Waals surface area contributed by atoms with E-state index in [2.05, 4.69) is 62.8 Å². The van der Waals surface area contributed by atoms with Gasteiger partial charge >= 0.3 is 0 Å². The lowest BCUT2D eigenvalue weighted by atomic mass is 9.97. The van der Waals surface area contributed by atoms with Crippen LogP contribution >= 0.6 is 0 Å². The normalized spacial score (nSPS) is 11.1. The zero-order valence-corrected chi connectivity index (χ0v) is 22.2. The maximum Gasteiger partial charge on any atom is 0.150 e. The largest absolute Gasteiger partial charge is 0.385 e. The first-order valence-electron chi connectivity index (χ1n) is 12.7. The molecule has 1 aromatic carbocycles. The predicted octanol–water partition coefficient (Wildman–Crippen LogP) is 8.32. The third-order valence-corrected chi connectivity index (χ3v) is 5.98. The molecule has 0 saturated carbocycles. The van der Waals surface area contributed by atoms with E-state index >= 15 is 0 Å². The molecule has 0 aliphatic carbocycles. The van der Waals surface area contributed by atoms with Crippen molar-refractivity contribution in [3.05, 3.63) is 64.0 Å². The Morgan fingerprint density at radius 1 is 0.970 bits per heavy atom. The molecule has 1 aromatic heterocycles. The second-order valence-electron chi connectivity index (χ2n) is 9.02. The van der Waals surface area contributed by atoms with E-state index in [4.69, 9.17) is 0 Å². The van der Waals surface area contributed by atoms with E-state index in [9.17, 15) is 4.79 Å². The number of aryl methyl sites for hydroxylation is 3. The third-order valence-electron chi connectivity index (χ3n) is 5.98. The highest BCUT2D eigenvalue weighted by atomic mass is 16.1. The van der Waals surface area contributed by atoms with Crippen molar-refractivity contribution in [1.29, 1.82) is 0 Å². The van der Waals surface area contributed by atoms with E-state index in [1.165, 1.54) is 32.1 Å². The van der Waals surface area contributed by atoms with E-state index in [1.54, 1.807) is 0 Å². The molecule has 2 rings (SSSR count). The molecule has 0 saturated heterocycles. The number of carbonyl (C=O) groups is 1. The Labute approximate surface area is 202 Å². The Bertz CT molecular complexity index is 914. The Balaban J connectivity index is 0.000000675. The first kappa shape index (κ1) is 28.5. The highest BCUT2D eigenvalue weighted by molar-refractivity contribution is 6.14. The SMILES string of the molecule is C=C(NCCCC)c1c(C)[nH]c(/C=C(\C=O)c2cc(C)ccc2C)c1C.CCCCCCC. The lowest BCUT2D eigenvalue weighted by molar-refractivity contribution is -0.103. The van der Waals surface area contributed by atoms with Crippen molar-refractivity contribution in [2.75, 3.05) is 6.54 Å². The average Bonchev–Trinajstić information content (AvgIpc) is 3.07. The van der Waals surface area contributed by atoms with Crippen molar-refractivity contribution in [2.24, 2.45) is 0 Å². The van der Waals surface area contributed by atoms with Gasteiger partial charge in [-0.3, -0.25) is 4.79 Å². The minimum absolute atomic E-state index is 0.687. The summed E-state index contributed by atoms with van der Waals surface area (Å²) in [6.07, 6.45) is 12.2. The standard InChI is InChI=1S/C23H30N2O.C7H16/c1-7-8-11-24-18(5)23-17(4)22(25-19(23)6)13-20(14-26)21-12-15(2)9-10-16(21)3;1-3-5-7-6-4-2/h9-10,12-14,24-25H,5,7-8,11H2,1-4,6H3;3-7H2,1-2H3/b20-13+;. The first-order chi connectivity index (χ1) is 15.8. The van der Waals surface area contributed by atoms with Gasteiger partial charge in [-0.2, -0.15) is 0 Å². The number of benzene rings is 1. The van der Waals surface area contributed by atoms with Crippen LogP contribution in [0.2, 0.25) is 0 Å². The molecule has 0 bridgehead atoms. The van der Waals surface area contributed by atoms with E-state index in [0.29, 0.717) is 5.57 Å². The van der Waals surface area contributed by atoms with Gasteiger partial charge in [0, 0.05) is 34.8 Å². The zero-order chi connectivity index (χ0) is 24.8. The quantitative estimate of drug-likeness (QED) is 0.194. The van der Waals surface area contributed by atoms with Crippen LogP contribution in [0.1, 0.15) is 105 Å². The topological polar surface area (TPSA) is 44.9 Å². The molecule has 0 aliphatic heterocycles. The van der Waals surface area contributed by atoms with Crippen LogP contribution in [0, 0.1) is 27.7 Å². The van der Waals surface area contributed by atoms with E-state index in [1.807, 2.05) is 26.8 Å². The van der Waals surface area contributed by atoms with Crippen LogP contribution in [0.5, 0.6) is 0 Å². The number of carbonyl (C=O) groups excluding carboxylic acids is 1. The van der Waals surface area contributed by atoms with Crippen molar-refractivity contribution in [3.63, 3.8) is 0 Å². The molecule has 0 atom stereocenters. The van der Waals surface area contributed by atoms with E-state index in [0.717, 1.165) is 70.6 Å². The van der Waals surface area contributed by atoms with Crippen molar-refractivity contribution in [1.82, 2.24) is 10.3 Å². The lowest BCUT2D eigenvalue weighted by Crippen LogP contribution is -2.13. The van der Waals surface area contributed by atoms with Gasteiger partial charge in [0.15, 0.2) is 6.29 Å². The maximum absolute atomic E-state index is 11.8. The van der Waals surface area contributed by atoms with Crippen LogP contribution in [-0.2, 0) is 4.79 Å². The van der Waals surface area contributed by atoms with Crippen LogP contribution in [0.15, 0.2) is 24.8 Å². The second-order valence-corrected chi connectivity index (χ2v) is 9.02. The number of allylic oxidation sites excluding steroid dienone is 1. The molecule has 3 nitrogen and oxygen atoms in total. The van der Waals surface area contributed by atoms with Gasteiger partial charge in [-0.25, -0.2) is 0 Å². The average molecular weight is 451 g/mol. The summed E-state index contributed by atoms with van der Waals surface area (Å²) in [4.78, 5) is 15.2. The molecule has 1 heterocycles. The fourth-order valence-electron chi connectivity index (χ4n) is 3.93. The number of rotatable bonds is 12.